The van der Waals surface area contributed by atoms with E-state index in [1.807, 2.05) is 6.07 Å². The van der Waals surface area contributed by atoms with Crippen LogP contribution < -0.4 is 14.8 Å². The van der Waals surface area contributed by atoms with E-state index in [0.29, 0.717) is 38.9 Å². The maximum absolute atomic E-state index is 12.5. The quantitative estimate of drug-likeness (QED) is 0.230. The molecule has 30 heavy (non-hydrogen) atoms. The molecule has 0 aliphatic carbocycles. The van der Waals surface area contributed by atoms with Crippen molar-refractivity contribution in [3.8, 4) is 17.6 Å². The molecule has 2 aromatic rings. The highest BCUT2D eigenvalue weighted by Gasteiger charge is 2.14. The molecule has 2 aromatic carbocycles. The van der Waals surface area contributed by atoms with Gasteiger partial charge in [-0.15, -0.1) is 0 Å². The Kier molecular flexibility index (Phi) is 9.72. The van der Waals surface area contributed by atoms with Gasteiger partial charge in [0, 0.05) is 0 Å². The third kappa shape index (κ3) is 6.79. The first kappa shape index (κ1) is 23.8. The van der Waals surface area contributed by atoms with E-state index in [4.69, 9.17) is 21.1 Å². The third-order valence-electron chi connectivity index (χ3n) is 4.29. The highest BCUT2D eigenvalue weighted by Crippen LogP contribution is 2.37. The van der Waals surface area contributed by atoms with Crippen LogP contribution in [0.25, 0.3) is 6.08 Å². The summed E-state index contributed by atoms with van der Waals surface area (Å²) in [4.78, 5) is 12.5. The Bertz CT molecular complexity index is 954. The van der Waals surface area contributed by atoms with Gasteiger partial charge in [-0.25, -0.2) is 0 Å². The van der Waals surface area contributed by atoms with Gasteiger partial charge in [-0.2, -0.15) is 5.26 Å². The third-order valence-corrected chi connectivity index (χ3v) is 5.21. The number of carbonyl (C=O) groups excluding carboxylic acids is 1. The number of methoxy groups -OCH3 is 1. The zero-order chi connectivity index (χ0) is 21.9. The fourth-order valence-corrected chi connectivity index (χ4v) is 3.49. The minimum Gasteiger partial charge on any atom is -0.493 e. The lowest BCUT2D eigenvalue weighted by Crippen LogP contribution is -2.13. The number of anilines is 1. The molecule has 7 heteroatoms. The standard InChI is InChI=1S/C23H24BrClN2O3/c1-3-4-5-8-11-30-22-18(24)13-16(14-21(22)29-2)12-17(15-26)23(28)27-20-10-7-6-9-19(20)25/h6-7,9-10,12-14H,3-5,8,11H2,1-2H3,(H,27,28)/b17-12+. The Balaban J connectivity index is 2.19. The van der Waals surface area contributed by atoms with E-state index >= 15 is 0 Å². The van der Waals surface area contributed by atoms with Crippen LogP contribution in [0.1, 0.15) is 38.2 Å². The number of nitriles is 1. The first-order chi connectivity index (χ1) is 14.5. The van der Waals surface area contributed by atoms with Crippen LogP contribution in [0.5, 0.6) is 11.5 Å². The van der Waals surface area contributed by atoms with E-state index in [0.717, 1.165) is 12.8 Å². The van der Waals surface area contributed by atoms with E-state index < -0.39 is 5.91 Å². The summed E-state index contributed by atoms with van der Waals surface area (Å²) in [7, 11) is 1.55. The van der Waals surface area contributed by atoms with Gasteiger partial charge in [0.05, 0.1) is 28.9 Å². The van der Waals surface area contributed by atoms with Crippen LogP contribution >= 0.6 is 27.5 Å². The van der Waals surface area contributed by atoms with Crippen LogP contribution in [-0.2, 0) is 4.79 Å². The lowest BCUT2D eigenvalue weighted by molar-refractivity contribution is -0.112. The summed E-state index contributed by atoms with van der Waals surface area (Å²) in [5.41, 5.74) is 1.01. The average Bonchev–Trinajstić information content (AvgIpc) is 2.74. The fraction of sp³-hybridized carbons (Fsp3) is 0.304. The van der Waals surface area contributed by atoms with E-state index in [-0.39, 0.29) is 5.57 Å². The summed E-state index contributed by atoms with van der Waals surface area (Å²) < 4.78 is 12.0. The number of halogens is 2. The number of nitrogens with zero attached hydrogens (tertiary/aromatic N) is 1. The van der Waals surface area contributed by atoms with Gasteiger partial charge in [-0.05, 0) is 58.3 Å². The smallest absolute Gasteiger partial charge is 0.266 e. The van der Waals surface area contributed by atoms with Gasteiger partial charge < -0.3 is 14.8 Å². The number of hydrogen-bond acceptors (Lipinski definition) is 4. The van der Waals surface area contributed by atoms with Crippen molar-refractivity contribution in [1.29, 1.82) is 5.26 Å². The van der Waals surface area contributed by atoms with Crippen LogP contribution in [0.4, 0.5) is 5.69 Å². The molecule has 0 saturated heterocycles. The zero-order valence-corrected chi connectivity index (χ0v) is 19.3. The Morgan fingerprint density at radius 3 is 2.70 bits per heavy atom. The van der Waals surface area contributed by atoms with E-state index in [1.165, 1.54) is 18.9 Å². The maximum Gasteiger partial charge on any atom is 0.266 e. The summed E-state index contributed by atoms with van der Waals surface area (Å²) in [6.45, 7) is 2.75. The molecule has 1 amide bonds. The molecule has 0 heterocycles. The van der Waals surface area contributed by atoms with Crippen molar-refractivity contribution < 1.29 is 14.3 Å². The van der Waals surface area contributed by atoms with Gasteiger partial charge in [0.25, 0.3) is 5.91 Å². The Hall–Kier alpha value is -2.49. The molecule has 1 N–H and O–H groups in total. The van der Waals surface area contributed by atoms with Crippen molar-refractivity contribution in [1.82, 2.24) is 0 Å². The molecule has 0 radical (unpaired) electrons. The minimum absolute atomic E-state index is 0.0582. The first-order valence-electron chi connectivity index (χ1n) is 9.68. The molecule has 2 rings (SSSR count). The number of benzene rings is 2. The van der Waals surface area contributed by atoms with E-state index in [2.05, 4.69) is 28.2 Å². The predicted octanol–water partition coefficient (Wildman–Crippen LogP) is 6.62. The largest absolute Gasteiger partial charge is 0.493 e. The summed E-state index contributed by atoms with van der Waals surface area (Å²) in [5, 5.41) is 12.5. The van der Waals surface area contributed by atoms with Crippen LogP contribution in [-0.4, -0.2) is 19.6 Å². The van der Waals surface area contributed by atoms with Gasteiger partial charge in [0.2, 0.25) is 0 Å². The lowest BCUT2D eigenvalue weighted by atomic mass is 10.1. The van der Waals surface area contributed by atoms with Gasteiger partial charge in [0.15, 0.2) is 11.5 Å². The summed E-state index contributed by atoms with van der Waals surface area (Å²) in [6, 6.07) is 12.3. The molecule has 0 spiro atoms. The number of ether oxygens (including phenoxy) is 2. The Morgan fingerprint density at radius 1 is 1.27 bits per heavy atom. The monoisotopic (exact) mass is 490 g/mol. The van der Waals surface area contributed by atoms with Gasteiger partial charge in [-0.3, -0.25) is 4.79 Å². The van der Waals surface area contributed by atoms with Crippen molar-refractivity contribution in [3.05, 3.63) is 57.0 Å². The molecule has 0 atom stereocenters. The summed E-state index contributed by atoms with van der Waals surface area (Å²) in [5.74, 6) is 0.581. The number of hydrogen-bond donors (Lipinski definition) is 1. The SMILES string of the molecule is CCCCCCOc1c(Br)cc(/C=C(\C#N)C(=O)Nc2ccccc2Cl)cc1OC. The normalized spacial score (nSPS) is 11.0. The molecular formula is C23H24BrClN2O3. The second-order valence-corrected chi connectivity index (χ2v) is 7.81. The van der Waals surface area contributed by atoms with Crippen LogP contribution in [0.15, 0.2) is 46.4 Å². The van der Waals surface area contributed by atoms with Crippen molar-refractivity contribution >= 4 is 45.2 Å². The maximum atomic E-state index is 12.5. The first-order valence-corrected chi connectivity index (χ1v) is 10.8. The number of unbranched alkanes of at least 4 members (excludes halogenated alkanes) is 3. The van der Waals surface area contributed by atoms with Gasteiger partial charge in [-0.1, -0.05) is 49.9 Å². The molecule has 0 aliphatic rings. The van der Waals surface area contributed by atoms with E-state index in [1.54, 1.807) is 43.5 Å². The van der Waals surface area contributed by atoms with Crippen molar-refractivity contribution in [2.45, 2.75) is 32.6 Å². The average molecular weight is 492 g/mol. The molecule has 0 aliphatic heterocycles. The van der Waals surface area contributed by atoms with Crippen molar-refractivity contribution in [2.75, 3.05) is 19.0 Å². The molecule has 0 bridgehead atoms. The molecule has 158 valence electrons. The lowest BCUT2D eigenvalue weighted by Gasteiger charge is -2.14. The van der Waals surface area contributed by atoms with Crippen LogP contribution in [0, 0.1) is 11.3 Å². The Labute approximate surface area is 190 Å². The summed E-state index contributed by atoms with van der Waals surface area (Å²) >= 11 is 9.57. The number of para-hydroxylation sites is 1. The molecule has 5 nitrogen and oxygen atoms in total. The molecular weight excluding hydrogens is 468 g/mol. The number of nitrogens with one attached hydrogen (secondary N) is 1. The highest BCUT2D eigenvalue weighted by molar-refractivity contribution is 9.10. The number of amides is 1. The number of carbonyl (C=O) groups is 1. The van der Waals surface area contributed by atoms with Crippen molar-refractivity contribution in [2.24, 2.45) is 0 Å². The highest BCUT2D eigenvalue weighted by atomic mass is 79.9. The molecule has 0 aromatic heterocycles. The second-order valence-electron chi connectivity index (χ2n) is 6.55. The second kappa shape index (κ2) is 12.3. The topological polar surface area (TPSA) is 71.3 Å². The van der Waals surface area contributed by atoms with Crippen LogP contribution in [0.3, 0.4) is 0 Å². The molecule has 0 unspecified atom stereocenters. The van der Waals surface area contributed by atoms with Gasteiger partial charge in [0.1, 0.15) is 11.6 Å². The van der Waals surface area contributed by atoms with Crippen molar-refractivity contribution in [3.63, 3.8) is 0 Å². The zero-order valence-electron chi connectivity index (χ0n) is 17.0. The van der Waals surface area contributed by atoms with Crippen LogP contribution in [0.2, 0.25) is 5.02 Å². The summed E-state index contributed by atoms with van der Waals surface area (Å²) in [6.07, 6.45) is 5.91. The van der Waals surface area contributed by atoms with E-state index in [9.17, 15) is 10.1 Å². The molecule has 0 fully saturated rings. The van der Waals surface area contributed by atoms with Gasteiger partial charge >= 0.3 is 0 Å². The number of rotatable bonds is 10. The predicted molar refractivity (Wildman–Crippen MR) is 124 cm³/mol. The fourth-order valence-electron chi connectivity index (χ4n) is 2.73. The Morgan fingerprint density at radius 2 is 2.03 bits per heavy atom. The molecule has 0 saturated carbocycles. The minimum atomic E-state index is -0.545.